The number of benzene rings is 1. The van der Waals surface area contributed by atoms with Crippen molar-refractivity contribution in [3.05, 3.63) is 33.9 Å². The summed E-state index contributed by atoms with van der Waals surface area (Å²) in [6, 6.07) is 4.10. The number of hydrogen-bond donors (Lipinski definition) is 0. The summed E-state index contributed by atoms with van der Waals surface area (Å²) in [7, 11) is -3.67. The van der Waals surface area contributed by atoms with Crippen molar-refractivity contribution in [3.63, 3.8) is 0 Å². The highest BCUT2D eigenvalue weighted by Crippen LogP contribution is 2.29. The predicted octanol–water partition coefficient (Wildman–Crippen LogP) is 2.57. The predicted molar refractivity (Wildman–Crippen MR) is 79.5 cm³/mol. The van der Waals surface area contributed by atoms with Gasteiger partial charge in [-0.3, -0.25) is 10.1 Å². The molecule has 1 aromatic rings. The van der Waals surface area contributed by atoms with Crippen molar-refractivity contribution in [2.75, 3.05) is 13.1 Å². The third kappa shape index (κ3) is 3.24. The van der Waals surface area contributed by atoms with Gasteiger partial charge in [-0.25, -0.2) is 8.42 Å². The van der Waals surface area contributed by atoms with E-state index in [9.17, 15) is 18.5 Å². The SMILES string of the molecule is Cc1ccc(S(=O)(=O)N2CC(C)CC(C)C2)cc1[N+](=O)[O-]. The molecule has 0 bridgehead atoms. The molecule has 1 saturated heterocycles. The number of rotatable bonds is 3. The van der Waals surface area contributed by atoms with Gasteiger partial charge in [-0.15, -0.1) is 0 Å². The molecule has 2 rings (SSSR count). The highest BCUT2D eigenvalue weighted by atomic mass is 32.2. The summed E-state index contributed by atoms with van der Waals surface area (Å²) in [5.74, 6) is 0.591. The summed E-state index contributed by atoms with van der Waals surface area (Å²) in [6.45, 7) is 6.58. The van der Waals surface area contributed by atoms with E-state index in [4.69, 9.17) is 0 Å². The standard InChI is InChI=1S/C14H20N2O4S/c1-10-6-11(2)9-15(8-10)21(19,20)13-5-4-12(3)14(7-13)16(17)18/h4-5,7,10-11H,6,8-9H2,1-3H3. The molecule has 0 N–H and O–H groups in total. The first kappa shape index (κ1) is 15.9. The van der Waals surface area contributed by atoms with Gasteiger partial charge in [-0.1, -0.05) is 19.9 Å². The summed E-state index contributed by atoms with van der Waals surface area (Å²) in [5, 5.41) is 11.0. The molecule has 0 spiro atoms. The van der Waals surface area contributed by atoms with Crippen molar-refractivity contribution in [1.82, 2.24) is 4.31 Å². The quantitative estimate of drug-likeness (QED) is 0.634. The van der Waals surface area contributed by atoms with Crippen LogP contribution in [-0.2, 0) is 10.0 Å². The van der Waals surface area contributed by atoms with Gasteiger partial charge in [0.15, 0.2) is 0 Å². The number of nitro benzene ring substituents is 1. The van der Waals surface area contributed by atoms with E-state index in [2.05, 4.69) is 0 Å². The first-order chi connectivity index (χ1) is 9.71. The lowest BCUT2D eigenvalue weighted by Gasteiger charge is -2.34. The fourth-order valence-electron chi connectivity index (χ4n) is 2.90. The molecule has 1 aliphatic heterocycles. The maximum Gasteiger partial charge on any atom is 0.273 e. The van der Waals surface area contributed by atoms with Crippen LogP contribution in [0.2, 0.25) is 0 Å². The molecule has 7 heteroatoms. The molecule has 1 aliphatic rings. The van der Waals surface area contributed by atoms with Crippen LogP contribution in [0.1, 0.15) is 25.8 Å². The van der Waals surface area contributed by atoms with E-state index < -0.39 is 14.9 Å². The molecule has 2 unspecified atom stereocenters. The molecule has 1 fully saturated rings. The normalized spacial score (nSPS) is 24.0. The molecule has 116 valence electrons. The number of sulfonamides is 1. The van der Waals surface area contributed by atoms with E-state index in [1.54, 1.807) is 6.92 Å². The van der Waals surface area contributed by atoms with Gasteiger partial charge in [0, 0.05) is 24.7 Å². The fourth-order valence-corrected chi connectivity index (χ4v) is 4.60. The zero-order valence-corrected chi connectivity index (χ0v) is 13.3. The van der Waals surface area contributed by atoms with Gasteiger partial charge >= 0.3 is 0 Å². The number of hydrogen-bond acceptors (Lipinski definition) is 4. The van der Waals surface area contributed by atoms with E-state index in [-0.39, 0.29) is 10.6 Å². The van der Waals surface area contributed by atoms with E-state index >= 15 is 0 Å². The Labute approximate surface area is 125 Å². The maximum atomic E-state index is 12.7. The second-order valence-corrected chi connectivity index (χ2v) is 7.91. The summed E-state index contributed by atoms with van der Waals surface area (Å²) in [4.78, 5) is 10.4. The van der Waals surface area contributed by atoms with Gasteiger partial charge in [0.1, 0.15) is 0 Å². The van der Waals surface area contributed by atoms with E-state index in [0.717, 1.165) is 12.5 Å². The monoisotopic (exact) mass is 312 g/mol. The van der Waals surface area contributed by atoms with Crippen LogP contribution in [-0.4, -0.2) is 30.7 Å². The summed E-state index contributed by atoms with van der Waals surface area (Å²) >= 11 is 0. The van der Waals surface area contributed by atoms with Crippen molar-refractivity contribution in [2.45, 2.75) is 32.1 Å². The van der Waals surface area contributed by atoms with Gasteiger partial charge in [0.2, 0.25) is 10.0 Å². The van der Waals surface area contributed by atoms with Crippen LogP contribution in [0.5, 0.6) is 0 Å². The van der Waals surface area contributed by atoms with Crippen LogP contribution in [0.25, 0.3) is 0 Å². The zero-order chi connectivity index (χ0) is 15.8. The van der Waals surface area contributed by atoms with Crippen molar-refractivity contribution in [3.8, 4) is 0 Å². The molecular weight excluding hydrogens is 292 g/mol. The minimum absolute atomic E-state index is 0.00102. The summed E-state index contributed by atoms with van der Waals surface area (Å²) < 4.78 is 26.8. The Balaban J connectivity index is 2.40. The molecular formula is C14H20N2O4S. The van der Waals surface area contributed by atoms with Crippen molar-refractivity contribution in [2.24, 2.45) is 11.8 Å². The molecule has 1 aromatic carbocycles. The van der Waals surface area contributed by atoms with Crippen LogP contribution in [0.3, 0.4) is 0 Å². The minimum atomic E-state index is -3.67. The minimum Gasteiger partial charge on any atom is -0.258 e. The Morgan fingerprint density at radius 2 is 1.81 bits per heavy atom. The topological polar surface area (TPSA) is 80.5 Å². The lowest BCUT2D eigenvalue weighted by Crippen LogP contribution is -2.42. The smallest absolute Gasteiger partial charge is 0.258 e. The van der Waals surface area contributed by atoms with Crippen molar-refractivity contribution < 1.29 is 13.3 Å². The third-order valence-electron chi connectivity index (χ3n) is 3.85. The average molecular weight is 312 g/mol. The Kier molecular flexibility index (Phi) is 4.34. The Morgan fingerprint density at radius 1 is 1.24 bits per heavy atom. The van der Waals surface area contributed by atoms with Crippen molar-refractivity contribution in [1.29, 1.82) is 0 Å². The van der Waals surface area contributed by atoms with E-state index in [1.165, 1.54) is 16.4 Å². The van der Waals surface area contributed by atoms with Crippen LogP contribution < -0.4 is 0 Å². The average Bonchev–Trinajstić information content (AvgIpc) is 2.37. The number of aryl methyl sites for hydroxylation is 1. The Bertz CT molecular complexity index is 647. The third-order valence-corrected chi connectivity index (χ3v) is 5.68. The molecule has 0 radical (unpaired) electrons. The fraction of sp³-hybridized carbons (Fsp3) is 0.571. The van der Waals surface area contributed by atoms with Gasteiger partial charge in [-0.05, 0) is 31.2 Å². The molecule has 1 heterocycles. The summed E-state index contributed by atoms with van der Waals surface area (Å²) in [5.41, 5.74) is 0.300. The first-order valence-electron chi connectivity index (χ1n) is 6.97. The summed E-state index contributed by atoms with van der Waals surface area (Å²) in [6.07, 6.45) is 1.00. The lowest BCUT2D eigenvalue weighted by atomic mass is 9.94. The highest BCUT2D eigenvalue weighted by molar-refractivity contribution is 7.89. The lowest BCUT2D eigenvalue weighted by molar-refractivity contribution is -0.385. The zero-order valence-electron chi connectivity index (χ0n) is 12.4. The molecule has 0 aliphatic carbocycles. The van der Waals surface area contributed by atoms with Gasteiger partial charge < -0.3 is 0 Å². The molecule has 0 aromatic heterocycles. The maximum absolute atomic E-state index is 12.7. The van der Waals surface area contributed by atoms with Crippen LogP contribution in [0.15, 0.2) is 23.1 Å². The molecule has 0 saturated carbocycles. The van der Waals surface area contributed by atoms with Gasteiger partial charge in [0.25, 0.3) is 5.69 Å². The second-order valence-electron chi connectivity index (χ2n) is 5.97. The van der Waals surface area contributed by atoms with Gasteiger partial charge in [-0.2, -0.15) is 4.31 Å². The Morgan fingerprint density at radius 3 is 2.33 bits per heavy atom. The first-order valence-corrected chi connectivity index (χ1v) is 8.41. The second kappa shape index (κ2) is 5.73. The largest absolute Gasteiger partial charge is 0.273 e. The number of nitro groups is 1. The molecule has 2 atom stereocenters. The van der Waals surface area contributed by atoms with Crippen LogP contribution in [0.4, 0.5) is 5.69 Å². The Hall–Kier alpha value is -1.47. The van der Waals surface area contributed by atoms with Crippen LogP contribution in [0, 0.1) is 28.9 Å². The number of piperidine rings is 1. The number of nitrogens with zero attached hydrogens (tertiary/aromatic N) is 2. The van der Waals surface area contributed by atoms with E-state index in [1.807, 2.05) is 13.8 Å². The van der Waals surface area contributed by atoms with Crippen LogP contribution >= 0.6 is 0 Å². The molecule has 21 heavy (non-hydrogen) atoms. The highest BCUT2D eigenvalue weighted by Gasteiger charge is 2.32. The van der Waals surface area contributed by atoms with E-state index in [0.29, 0.717) is 30.5 Å². The molecule has 0 amide bonds. The molecule has 6 nitrogen and oxygen atoms in total. The van der Waals surface area contributed by atoms with Crippen molar-refractivity contribution >= 4 is 15.7 Å². The van der Waals surface area contributed by atoms with Gasteiger partial charge in [0.05, 0.1) is 9.82 Å².